The topological polar surface area (TPSA) is 105 Å². The Morgan fingerprint density at radius 1 is 0.971 bits per heavy atom. The van der Waals surface area contributed by atoms with Gasteiger partial charge in [0.2, 0.25) is 5.91 Å². The van der Waals surface area contributed by atoms with Crippen molar-refractivity contribution >= 4 is 18.0 Å². The van der Waals surface area contributed by atoms with E-state index in [4.69, 9.17) is 4.74 Å². The number of hydrogen-bond acceptors (Lipinski definition) is 4. The number of rotatable bonds is 7. The van der Waals surface area contributed by atoms with Crippen LogP contribution in [0.5, 0.6) is 0 Å². The number of ether oxygens (including phenoxy) is 1. The van der Waals surface area contributed by atoms with E-state index in [2.05, 4.69) is 34.9 Å². The van der Waals surface area contributed by atoms with Crippen molar-refractivity contribution in [2.45, 2.75) is 63.5 Å². The Kier molecular flexibility index (Phi) is 7.50. The summed E-state index contributed by atoms with van der Waals surface area (Å²) in [5.41, 5.74) is 4.53. The van der Waals surface area contributed by atoms with E-state index in [9.17, 15) is 19.5 Å². The van der Waals surface area contributed by atoms with Crippen molar-refractivity contribution in [1.82, 2.24) is 10.6 Å². The maximum absolute atomic E-state index is 12.9. The second kappa shape index (κ2) is 10.7. The van der Waals surface area contributed by atoms with Crippen molar-refractivity contribution in [2.24, 2.45) is 5.92 Å². The minimum Gasteiger partial charge on any atom is -0.481 e. The lowest BCUT2D eigenvalue weighted by molar-refractivity contribution is -0.143. The Morgan fingerprint density at radius 2 is 1.59 bits per heavy atom. The highest BCUT2D eigenvalue weighted by atomic mass is 16.5. The van der Waals surface area contributed by atoms with E-state index in [1.54, 1.807) is 6.92 Å². The number of alkyl carbamates (subject to hydrolysis) is 1. The van der Waals surface area contributed by atoms with Gasteiger partial charge in [-0.05, 0) is 41.5 Å². The van der Waals surface area contributed by atoms with Gasteiger partial charge in [-0.25, -0.2) is 4.79 Å². The van der Waals surface area contributed by atoms with Crippen LogP contribution < -0.4 is 10.6 Å². The normalized spacial score (nSPS) is 20.4. The molecular weight excluding hydrogens is 432 g/mol. The fraction of sp³-hybridized carbons (Fsp3) is 0.444. The van der Waals surface area contributed by atoms with E-state index in [0.29, 0.717) is 19.3 Å². The van der Waals surface area contributed by atoms with Crippen LogP contribution in [0.4, 0.5) is 4.79 Å². The first kappa shape index (κ1) is 23.8. The zero-order valence-corrected chi connectivity index (χ0v) is 19.5. The fourth-order valence-electron chi connectivity index (χ4n) is 5.19. The van der Waals surface area contributed by atoms with Crippen molar-refractivity contribution in [3.8, 4) is 11.1 Å². The first-order valence-electron chi connectivity index (χ1n) is 12.1. The summed E-state index contributed by atoms with van der Waals surface area (Å²) >= 11 is 0. The second-order valence-electron chi connectivity index (χ2n) is 9.13. The van der Waals surface area contributed by atoms with Gasteiger partial charge in [-0.2, -0.15) is 0 Å². The number of fused-ring (bicyclic) bond motifs is 3. The van der Waals surface area contributed by atoms with E-state index in [-0.39, 0.29) is 18.4 Å². The van der Waals surface area contributed by atoms with Crippen LogP contribution in [-0.2, 0) is 14.3 Å². The summed E-state index contributed by atoms with van der Waals surface area (Å²) in [4.78, 5) is 37.1. The van der Waals surface area contributed by atoms with Crippen molar-refractivity contribution in [3.05, 3.63) is 59.7 Å². The molecule has 7 heteroatoms. The summed E-state index contributed by atoms with van der Waals surface area (Å²) in [6, 6.07) is 15.0. The van der Waals surface area contributed by atoms with E-state index in [0.717, 1.165) is 41.5 Å². The summed E-state index contributed by atoms with van der Waals surface area (Å²) in [7, 11) is 0. The number of carbonyl (C=O) groups is 3. The Labute approximate surface area is 199 Å². The fourth-order valence-corrected chi connectivity index (χ4v) is 5.19. The van der Waals surface area contributed by atoms with Gasteiger partial charge in [0.05, 0.1) is 5.92 Å². The first-order valence-corrected chi connectivity index (χ1v) is 12.1. The van der Waals surface area contributed by atoms with Gasteiger partial charge in [-0.1, -0.05) is 74.7 Å². The van der Waals surface area contributed by atoms with E-state index >= 15 is 0 Å². The summed E-state index contributed by atoms with van der Waals surface area (Å²) in [5.74, 6) is -1.91. The van der Waals surface area contributed by atoms with Gasteiger partial charge >= 0.3 is 12.1 Å². The molecule has 1 fully saturated rings. The molecule has 2 aromatic carbocycles. The molecule has 3 atom stereocenters. The van der Waals surface area contributed by atoms with Crippen molar-refractivity contribution in [2.75, 3.05) is 6.61 Å². The Balaban J connectivity index is 1.36. The summed E-state index contributed by atoms with van der Waals surface area (Å²) in [5, 5.41) is 15.1. The number of carboxylic acid groups (broad SMARTS) is 1. The van der Waals surface area contributed by atoms with E-state index in [1.807, 2.05) is 24.3 Å². The van der Waals surface area contributed by atoms with Crippen LogP contribution >= 0.6 is 0 Å². The summed E-state index contributed by atoms with van der Waals surface area (Å²) in [6.45, 7) is 1.97. The lowest BCUT2D eigenvalue weighted by Gasteiger charge is -2.25. The number of amides is 2. The smallest absolute Gasteiger partial charge is 0.407 e. The molecule has 0 radical (unpaired) electrons. The third-order valence-corrected chi connectivity index (χ3v) is 7.02. The molecule has 0 saturated heterocycles. The van der Waals surface area contributed by atoms with Gasteiger partial charge in [0.1, 0.15) is 12.6 Å². The monoisotopic (exact) mass is 464 g/mol. The van der Waals surface area contributed by atoms with Crippen LogP contribution in [-0.4, -0.2) is 41.8 Å². The maximum atomic E-state index is 12.9. The third kappa shape index (κ3) is 5.08. The van der Waals surface area contributed by atoms with Crippen LogP contribution in [0.25, 0.3) is 11.1 Å². The quantitative estimate of drug-likeness (QED) is 0.525. The lowest BCUT2D eigenvalue weighted by atomic mass is 9.94. The zero-order chi connectivity index (χ0) is 24.1. The molecular formula is C27H32N2O5. The predicted molar refractivity (Wildman–Crippen MR) is 128 cm³/mol. The minimum absolute atomic E-state index is 0.0608. The third-order valence-electron chi connectivity index (χ3n) is 7.02. The largest absolute Gasteiger partial charge is 0.481 e. The number of aliphatic carboxylic acids is 1. The molecule has 1 saturated carbocycles. The van der Waals surface area contributed by atoms with Crippen LogP contribution in [0.2, 0.25) is 0 Å². The van der Waals surface area contributed by atoms with Crippen molar-refractivity contribution < 1.29 is 24.2 Å². The molecule has 3 N–H and O–H groups in total. The Morgan fingerprint density at radius 3 is 2.21 bits per heavy atom. The molecule has 2 aromatic rings. The molecule has 0 bridgehead atoms. The Bertz CT molecular complexity index is 1010. The summed E-state index contributed by atoms with van der Waals surface area (Å²) < 4.78 is 5.57. The van der Waals surface area contributed by atoms with Crippen molar-refractivity contribution in [1.29, 1.82) is 0 Å². The van der Waals surface area contributed by atoms with E-state index < -0.39 is 30.1 Å². The average molecular weight is 465 g/mol. The van der Waals surface area contributed by atoms with Crippen molar-refractivity contribution in [3.63, 3.8) is 0 Å². The average Bonchev–Trinajstić information content (AvgIpc) is 2.97. The minimum atomic E-state index is -0.884. The van der Waals surface area contributed by atoms with Crippen LogP contribution in [0, 0.1) is 5.92 Å². The molecule has 2 aliphatic carbocycles. The molecule has 0 aliphatic heterocycles. The molecule has 0 heterocycles. The van der Waals surface area contributed by atoms with Gasteiger partial charge in [0, 0.05) is 12.0 Å². The van der Waals surface area contributed by atoms with Gasteiger partial charge in [0.25, 0.3) is 0 Å². The number of benzene rings is 2. The molecule has 0 spiro atoms. The first-order chi connectivity index (χ1) is 16.5. The molecule has 2 amide bonds. The highest BCUT2D eigenvalue weighted by Gasteiger charge is 2.33. The SMILES string of the molecule is CC[C@H](NC(=O)OCC1c2ccccc2-c2ccccc21)C(=O)NC1CCCCCC1C(=O)O. The molecule has 7 nitrogen and oxygen atoms in total. The highest BCUT2D eigenvalue weighted by molar-refractivity contribution is 5.86. The lowest BCUT2D eigenvalue weighted by Crippen LogP contribution is -2.52. The number of carboxylic acids is 1. The molecule has 2 aliphatic rings. The molecule has 2 unspecified atom stereocenters. The molecule has 0 aromatic heterocycles. The maximum Gasteiger partial charge on any atom is 0.407 e. The van der Waals surface area contributed by atoms with Gasteiger partial charge in [-0.15, -0.1) is 0 Å². The van der Waals surface area contributed by atoms with Gasteiger partial charge < -0.3 is 20.5 Å². The van der Waals surface area contributed by atoms with E-state index in [1.165, 1.54) is 0 Å². The molecule has 180 valence electrons. The Hall–Kier alpha value is -3.35. The molecule has 34 heavy (non-hydrogen) atoms. The summed E-state index contributed by atoms with van der Waals surface area (Å²) in [6.07, 6.45) is 3.59. The predicted octanol–water partition coefficient (Wildman–Crippen LogP) is 4.45. The number of nitrogens with one attached hydrogen (secondary N) is 2. The van der Waals surface area contributed by atoms with Crippen LogP contribution in [0.3, 0.4) is 0 Å². The second-order valence-corrected chi connectivity index (χ2v) is 9.13. The zero-order valence-electron chi connectivity index (χ0n) is 19.5. The standard InChI is InChI=1S/C27H32N2O5/c1-2-23(25(30)28-24-15-5-3-4-14-21(24)26(31)32)29-27(33)34-16-22-19-12-8-6-10-17(19)18-11-7-9-13-20(18)22/h6-13,21-24H,2-5,14-16H2,1H3,(H,28,30)(H,29,33)(H,31,32)/t21?,23-,24?/m0/s1. The molecule has 4 rings (SSSR count). The van der Waals surface area contributed by atoms with Gasteiger partial charge in [-0.3, -0.25) is 9.59 Å². The van der Waals surface area contributed by atoms with Gasteiger partial charge in [0.15, 0.2) is 0 Å². The van der Waals surface area contributed by atoms with Crippen LogP contribution in [0.1, 0.15) is 62.5 Å². The highest BCUT2D eigenvalue weighted by Crippen LogP contribution is 2.44. The van der Waals surface area contributed by atoms with Crippen LogP contribution in [0.15, 0.2) is 48.5 Å². The number of hydrogen-bond donors (Lipinski definition) is 3. The number of carbonyl (C=O) groups excluding carboxylic acids is 2.